The SMILES string of the molecule is O=C(O)C(Cc1ccccc1)(OCCc1c[nH]c2ccccc12)C(=O)O. The zero-order valence-electron chi connectivity index (χ0n) is 14.0. The normalized spacial score (nSPS) is 11.5. The molecule has 3 N–H and O–H groups in total. The Hall–Kier alpha value is -3.12. The largest absolute Gasteiger partial charge is 0.479 e. The van der Waals surface area contributed by atoms with Gasteiger partial charge in [0.05, 0.1) is 6.61 Å². The number of carbonyl (C=O) groups is 2. The Bertz CT molecular complexity index is 902. The summed E-state index contributed by atoms with van der Waals surface area (Å²) in [4.78, 5) is 26.7. The molecule has 1 heterocycles. The van der Waals surface area contributed by atoms with E-state index in [0.29, 0.717) is 12.0 Å². The van der Waals surface area contributed by atoms with E-state index < -0.39 is 17.5 Å². The fraction of sp³-hybridized carbons (Fsp3) is 0.200. The van der Waals surface area contributed by atoms with E-state index in [1.165, 1.54) is 0 Å². The molecule has 26 heavy (non-hydrogen) atoms. The standard InChI is InChI=1S/C20H19NO5/c22-18(23)20(19(24)25,12-14-6-2-1-3-7-14)26-11-10-15-13-21-17-9-5-4-8-16(15)17/h1-9,13,21H,10-12H2,(H,22,23)(H,24,25). The molecule has 0 aliphatic carbocycles. The number of H-pyrrole nitrogens is 1. The molecule has 3 aromatic rings. The number of benzene rings is 2. The van der Waals surface area contributed by atoms with Crippen LogP contribution in [0.5, 0.6) is 0 Å². The number of hydrogen-bond acceptors (Lipinski definition) is 3. The van der Waals surface area contributed by atoms with Gasteiger partial charge in [0.1, 0.15) is 0 Å². The Morgan fingerprint density at radius 2 is 1.62 bits per heavy atom. The summed E-state index contributed by atoms with van der Waals surface area (Å²) in [6.45, 7) is -0.0206. The molecule has 0 amide bonds. The number of aliphatic carboxylic acids is 2. The lowest BCUT2D eigenvalue weighted by Crippen LogP contribution is -2.51. The average molecular weight is 353 g/mol. The van der Waals surface area contributed by atoms with Gasteiger partial charge in [-0.2, -0.15) is 0 Å². The summed E-state index contributed by atoms with van der Waals surface area (Å²) in [5, 5.41) is 20.2. The van der Waals surface area contributed by atoms with Crippen LogP contribution >= 0.6 is 0 Å². The number of aromatic nitrogens is 1. The summed E-state index contributed by atoms with van der Waals surface area (Å²) in [6, 6.07) is 16.3. The molecular formula is C20H19NO5. The summed E-state index contributed by atoms with van der Waals surface area (Å²) >= 11 is 0. The van der Waals surface area contributed by atoms with Gasteiger partial charge in [-0.15, -0.1) is 0 Å². The molecule has 0 spiro atoms. The van der Waals surface area contributed by atoms with E-state index in [1.807, 2.05) is 30.5 Å². The first kappa shape index (κ1) is 17.7. The summed E-state index contributed by atoms with van der Waals surface area (Å²) in [5.74, 6) is -3.01. The zero-order valence-corrected chi connectivity index (χ0v) is 14.0. The lowest BCUT2D eigenvalue weighted by molar-refractivity contribution is -0.183. The maximum absolute atomic E-state index is 11.8. The molecule has 134 valence electrons. The molecule has 0 aliphatic rings. The summed E-state index contributed by atoms with van der Waals surface area (Å²) in [6.07, 6.45) is 1.99. The molecule has 0 fully saturated rings. The maximum atomic E-state index is 11.8. The highest BCUT2D eigenvalue weighted by Gasteiger charge is 2.48. The molecule has 0 atom stereocenters. The Labute approximate surface area is 150 Å². The van der Waals surface area contributed by atoms with Gasteiger partial charge in [0.2, 0.25) is 0 Å². The smallest absolute Gasteiger partial charge is 0.348 e. The molecule has 6 nitrogen and oxygen atoms in total. The third-order valence-electron chi connectivity index (χ3n) is 4.38. The molecule has 3 rings (SSSR count). The quantitative estimate of drug-likeness (QED) is 0.541. The van der Waals surface area contributed by atoms with E-state index in [-0.39, 0.29) is 13.0 Å². The molecule has 0 saturated heterocycles. The number of para-hydroxylation sites is 1. The molecule has 0 unspecified atom stereocenters. The van der Waals surface area contributed by atoms with Crippen molar-refractivity contribution >= 4 is 22.8 Å². The van der Waals surface area contributed by atoms with Crippen LogP contribution in [0.25, 0.3) is 10.9 Å². The predicted molar refractivity (Wildman–Crippen MR) is 96.1 cm³/mol. The number of carboxylic acids is 2. The van der Waals surface area contributed by atoms with Crippen LogP contribution in [0.4, 0.5) is 0 Å². The molecule has 0 saturated carbocycles. The molecule has 0 bridgehead atoms. The van der Waals surface area contributed by atoms with Gasteiger partial charge in [0.15, 0.2) is 0 Å². The number of hydrogen-bond donors (Lipinski definition) is 3. The van der Waals surface area contributed by atoms with Gasteiger partial charge in [-0.3, -0.25) is 0 Å². The van der Waals surface area contributed by atoms with Crippen LogP contribution in [-0.2, 0) is 27.2 Å². The molecule has 0 radical (unpaired) electrons. The van der Waals surface area contributed by atoms with Crippen molar-refractivity contribution in [1.82, 2.24) is 4.98 Å². The van der Waals surface area contributed by atoms with Crippen LogP contribution in [0.3, 0.4) is 0 Å². The maximum Gasteiger partial charge on any atom is 0.348 e. The van der Waals surface area contributed by atoms with E-state index >= 15 is 0 Å². The highest BCUT2D eigenvalue weighted by Crippen LogP contribution is 2.22. The topological polar surface area (TPSA) is 99.6 Å². The summed E-state index contributed by atoms with van der Waals surface area (Å²) < 4.78 is 5.47. The van der Waals surface area contributed by atoms with Crippen molar-refractivity contribution in [2.75, 3.05) is 6.61 Å². The van der Waals surface area contributed by atoms with Crippen molar-refractivity contribution < 1.29 is 24.5 Å². The second-order valence-electron chi connectivity index (χ2n) is 6.06. The van der Waals surface area contributed by atoms with Crippen molar-refractivity contribution in [3.63, 3.8) is 0 Å². The van der Waals surface area contributed by atoms with Crippen LogP contribution in [0.15, 0.2) is 60.8 Å². The van der Waals surface area contributed by atoms with Crippen LogP contribution in [0, 0.1) is 0 Å². The van der Waals surface area contributed by atoms with Crippen LogP contribution in [-0.4, -0.2) is 39.3 Å². The van der Waals surface area contributed by atoms with Crippen molar-refractivity contribution in [2.45, 2.75) is 18.4 Å². The number of ether oxygens (including phenoxy) is 1. The lowest BCUT2D eigenvalue weighted by Gasteiger charge is -2.25. The van der Waals surface area contributed by atoms with E-state index in [0.717, 1.165) is 16.5 Å². The minimum Gasteiger partial charge on any atom is -0.479 e. The molecule has 2 aromatic carbocycles. The average Bonchev–Trinajstić information content (AvgIpc) is 3.04. The van der Waals surface area contributed by atoms with Gasteiger partial charge >= 0.3 is 11.9 Å². The third kappa shape index (κ3) is 3.45. The first-order chi connectivity index (χ1) is 12.5. The highest BCUT2D eigenvalue weighted by molar-refractivity contribution is 6.02. The van der Waals surface area contributed by atoms with Crippen molar-refractivity contribution in [3.05, 3.63) is 71.9 Å². The fourth-order valence-corrected chi connectivity index (χ4v) is 2.97. The summed E-state index contributed by atoms with van der Waals surface area (Å²) in [5.41, 5.74) is 0.192. The molecule has 6 heteroatoms. The first-order valence-corrected chi connectivity index (χ1v) is 8.22. The Kier molecular flexibility index (Phi) is 5.04. The number of nitrogens with one attached hydrogen (secondary N) is 1. The Balaban J connectivity index is 1.77. The van der Waals surface area contributed by atoms with Crippen LogP contribution in [0.2, 0.25) is 0 Å². The van der Waals surface area contributed by atoms with Gasteiger partial charge in [0.25, 0.3) is 5.60 Å². The van der Waals surface area contributed by atoms with Crippen LogP contribution < -0.4 is 0 Å². The van der Waals surface area contributed by atoms with Crippen molar-refractivity contribution in [3.8, 4) is 0 Å². The van der Waals surface area contributed by atoms with E-state index in [9.17, 15) is 19.8 Å². The Morgan fingerprint density at radius 3 is 2.31 bits per heavy atom. The highest BCUT2D eigenvalue weighted by atomic mass is 16.5. The van der Waals surface area contributed by atoms with E-state index in [4.69, 9.17) is 4.74 Å². The monoisotopic (exact) mass is 353 g/mol. The lowest BCUT2D eigenvalue weighted by atomic mass is 9.94. The number of fused-ring (bicyclic) bond motifs is 1. The predicted octanol–water partition coefficient (Wildman–Crippen LogP) is 2.88. The van der Waals surface area contributed by atoms with E-state index in [2.05, 4.69) is 4.98 Å². The first-order valence-electron chi connectivity index (χ1n) is 8.22. The van der Waals surface area contributed by atoms with Gasteiger partial charge < -0.3 is 19.9 Å². The van der Waals surface area contributed by atoms with E-state index in [1.54, 1.807) is 30.3 Å². The minimum absolute atomic E-state index is 0.0206. The van der Waals surface area contributed by atoms with Gasteiger partial charge in [-0.05, 0) is 23.6 Å². The fourth-order valence-electron chi connectivity index (χ4n) is 2.97. The number of aromatic amines is 1. The molecule has 1 aromatic heterocycles. The van der Waals surface area contributed by atoms with Gasteiger partial charge in [-0.1, -0.05) is 48.5 Å². The zero-order chi connectivity index (χ0) is 18.6. The Morgan fingerprint density at radius 1 is 0.962 bits per heavy atom. The van der Waals surface area contributed by atoms with Crippen LogP contribution in [0.1, 0.15) is 11.1 Å². The van der Waals surface area contributed by atoms with Gasteiger partial charge in [-0.25, -0.2) is 9.59 Å². The minimum atomic E-state index is -2.31. The van der Waals surface area contributed by atoms with Gasteiger partial charge in [0, 0.05) is 23.5 Å². The molecule has 0 aliphatic heterocycles. The third-order valence-corrected chi connectivity index (χ3v) is 4.38. The molecular weight excluding hydrogens is 334 g/mol. The number of rotatable bonds is 8. The summed E-state index contributed by atoms with van der Waals surface area (Å²) in [7, 11) is 0. The van der Waals surface area contributed by atoms with Crippen molar-refractivity contribution in [2.24, 2.45) is 0 Å². The van der Waals surface area contributed by atoms with Crippen molar-refractivity contribution in [1.29, 1.82) is 0 Å². The second kappa shape index (κ2) is 7.41. The second-order valence-corrected chi connectivity index (χ2v) is 6.06. The number of carboxylic acid groups (broad SMARTS) is 2.